The number of hydrogen-bond acceptors (Lipinski definition) is 6. The van der Waals surface area contributed by atoms with Crippen LogP contribution >= 0.6 is 0 Å². The van der Waals surface area contributed by atoms with E-state index in [4.69, 9.17) is 15.0 Å². The highest BCUT2D eigenvalue weighted by Gasteiger charge is 2.28. The highest BCUT2D eigenvalue weighted by molar-refractivity contribution is 5.47. The van der Waals surface area contributed by atoms with Gasteiger partial charge in [-0.05, 0) is 26.3 Å². The molecule has 1 atom stereocenters. The van der Waals surface area contributed by atoms with Gasteiger partial charge < -0.3 is 15.0 Å². The van der Waals surface area contributed by atoms with Crippen LogP contribution in [0.3, 0.4) is 0 Å². The van der Waals surface area contributed by atoms with Crippen molar-refractivity contribution in [1.82, 2.24) is 19.9 Å². The molecule has 2 heterocycles. The Morgan fingerprint density at radius 2 is 2.25 bits per heavy atom. The number of aryl methyl sites for hydroxylation is 2. The molecule has 2 rings (SSSR count). The van der Waals surface area contributed by atoms with Crippen molar-refractivity contribution in [2.24, 2.45) is 12.8 Å². The van der Waals surface area contributed by atoms with Crippen LogP contribution in [0.25, 0.3) is 11.6 Å². The lowest BCUT2D eigenvalue weighted by Gasteiger charge is -2.19. The molecular formula is C13H21N5O2. The number of hydrogen-bond donors (Lipinski definition) is 1. The summed E-state index contributed by atoms with van der Waals surface area (Å²) in [6, 6.07) is 1.89. The van der Waals surface area contributed by atoms with Crippen LogP contribution in [0.5, 0.6) is 0 Å². The van der Waals surface area contributed by atoms with Crippen LogP contribution in [-0.4, -0.2) is 33.1 Å². The molecule has 20 heavy (non-hydrogen) atoms. The Labute approximate surface area is 118 Å². The Morgan fingerprint density at radius 3 is 2.85 bits per heavy atom. The van der Waals surface area contributed by atoms with Crippen molar-refractivity contribution < 1.29 is 9.26 Å². The first-order valence-electron chi connectivity index (χ1n) is 6.66. The molecule has 0 aromatic carbocycles. The average molecular weight is 279 g/mol. The monoisotopic (exact) mass is 279 g/mol. The summed E-state index contributed by atoms with van der Waals surface area (Å²) in [5.74, 6) is 0.845. The van der Waals surface area contributed by atoms with Gasteiger partial charge in [-0.15, -0.1) is 0 Å². The summed E-state index contributed by atoms with van der Waals surface area (Å²) in [5.41, 5.74) is 7.07. The van der Waals surface area contributed by atoms with E-state index in [1.807, 2.05) is 33.9 Å². The zero-order valence-electron chi connectivity index (χ0n) is 12.4. The average Bonchev–Trinajstić information content (AvgIpc) is 2.96. The van der Waals surface area contributed by atoms with Crippen molar-refractivity contribution in [3.05, 3.63) is 17.6 Å². The normalized spacial score (nSPS) is 14.4. The van der Waals surface area contributed by atoms with E-state index in [0.29, 0.717) is 24.9 Å². The summed E-state index contributed by atoms with van der Waals surface area (Å²) < 4.78 is 12.5. The second kappa shape index (κ2) is 5.72. The minimum absolute atomic E-state index is 0.351. The van der Waals surface area contributed by atoms with Gasteiger partial charge in [0, 0.05) is 13.7 Å². The molecule has 0 fully saturated rings. The van der Waals surface area contributed by atoms with Gasteiger partial charge in [0.2, 0.25) is 0 Å². The minimum atomic E-state index is -0.773. The van der Waals surface area contributed by atoms with Crippen LogP contribution < -0.4 is 5.73 Å². The fraction of sp³-hybridized carbons (Fsp3) is 0.615. The molecule has 0 saturated heterocycles. The predicted molar refractivity (Wildman–Crippen MR) is 73.9 cm³/mol. The first-order chi connectivity index (χ1) is 9.44. The maximum Gasteiger partial charge on any atom is 0.276 e. The van der Waals surface area contributed by atoms with E-state index in [-0.39, 0.29) is 0 Å². The third kappa shape index (κ3) is 3.05. The van der Waals surface area contributed by atoms with E-state index in [2.05, 4.69) is 15.2 Å². The summed E-state index contributed by atoms with van der Waals surface area (Å²) >= 11 is 0. The molecule has 7 nitrogen and oxygen atoms in total. The molecule has 2 aromatic rings. The van der Waals surface area contributed by atoms with Crippen LogP contribution in [0.15, 0.2) is 10.6 Å². The molecule has 110 valence electrons. The smallest absolute Gasteiger partial charge is 0.276 e. The first-order valence-corrected chi connectivity index (χ1v) is 6.66. The number of nitrogens with two attached hydrogens (primary N) is 1. The lowest BCUT2D eigenvalue weighted by atomic mass is 10.1. The van der Waals surface area contributed by atoms with E-state index in [0.717, 1.165) is 17.8 Å². The molecule has 2 N–H and O–H groups in total. The van der Waals surface area contributed by atoms with Gasteiger partial charge in [0.25, 0.3) is 5.89 Å². The van der Waals surface area contributed by atoms with Gasteiger partial charge in [0.05, 0.1) is 12.3 Å². The van der Waals surface area contributed by atoms with Crippen LogP contribution in [0, 0.1) is 6.92 Å². The van der Waals surface area contributed by atoms with Crippen molar-refractivity contribution in [3.8, 4) is 11.6 Å². The van der Waals surface area contributed by atoms with Crippen molar-refractivity contribution in [1.29, 1.82) is 0 Å². The largest absolute Gasteiger partial charge is 0.379 e. The Hall–Kier alpha value is -1.73. The molecule has 1 unspecified atom stereocenters. The zero-order valence-corrected chi connectivity index (χ0v) is 12.4. The third-order valence-electron chi connectivity index (χ3n) is 2.91. The summed E-state index contributed by atoms with van der Waals surface area (Å²) in [7, 11) is 1.83. The van der Waals surface area contributed by atoms with Gasteiger partial charge in [-0.3, -0.25) is 4.68 Å². The van der Waals surface area contributed by atoms with Gasteiger partial charge in [0.1, 0.15) is 11.2 Å². The Bertz CT molecular complexity index is 573. The van der Waals surface area contributed by atoms with Gasteiger partial charge in [-0.1, -0.05) is 12.1 Å². The predicted octanol–water partition coefficient (Wildman–Crippen LogP) is 1.38. The molecule has 0 aliphatic carbocycles. The summed E-state index contributed by atoms with van der Waals surface area (Å²) in [4.78, 5) is 4.36. The highest BCUT2D eigenvalue weighted by Crippen LogP contribution is 2.21. The number of nitrogens with zero attached hydrogens (tertiary/aromatic N) is 4. The number of rotatable bonds is 6. The van der Waals surface area contributed by atoms with E-state index in [9.17, 15) is 0 Å². The van der Waals surface area contributed by atoms with E-state index >= 15 is 0 Å². The molecule has 7 heteroatoms. The van der Waals surface area contributed by atoms with Gasteiger partial charge in [-0.2, -0.15) is 10.1 Å². The van der Waals surface area contributed by atoms with Crippen molar-refractivity contribution in [3.63, 3.8) is 0 Å². The Balaban J connectivity index is 2.18. The zero-order chi connectivity index (χ0) is 14.8. The van der Waals surface area contributed by atoms with E-state index < -0.39 is 5.54 Å². The minimum Gasteiger partial charge on any atom is -0.379 e. The maximum atomic E-state index is 6.18. The van der Waals surface area contributed by atoms with E-state index in [1.165, 1.54) is 0 Å². The van der Waals surface area contributed by atoms with Gasteiger partial charge in [0.15, 0.2) is 5.82 Å². The molecular weight excluding hydrogens is 258 g/mol. The molecule has 0 amide bonds. The third-order valence-corrected chi connectivity index (χ3v) is 2.91. The fourth-order valence-corrected chi connectivity index (χ4v) is 1.86. The lowest BCUT2D eigenvalue weighted by molar-refractivity contribution is 0.0867. The second-order valence-corrected chi connectivity index (χ2v) is 5.19. The molecule has 0 spiro atoms. The van der Waals surface area contributed by atoms with Crippen LogP contribution in [0.4, 0.5) is 0 Å². The molecule has 0 radical (unpaired) electrons. The summed E-state index contributed by atoms with van der Waals surface area (Å²) in [6.45, 7) is 6.80. The molecule has 2 aromatic heterocycles. The number of ether oxygens (including phenoxy) is 1. The van der Waals surface area contributed by atoms with Crippen molar-refractivity contribution in [2.75, 3.05) is 13.2 Å². The Kier molecular flexibility index (Phi) is 4.20. The molecule has 0 aliphatic heterocycles. The van der Waals surface area contributed by atoms with Gasteiger partial charge in [-0.25, -0.2) is 0 Å². The summed E-state index contributed by atoms with van der Waals surface area (Å²) in [5, 5.41) is 8.21. The van der Waals surface area contributed by atoms with Crippen molar-refractivity contribution in [2.45, 2.75) is 32.7 Å². The van der Waals surface area contributed by atoms with Crippen LogP contribution in [-0.2, 0) is 17.3 Å². The highest BCUT2D eigenvalue weighted by atomic mass is 16.5. The van der Waals surface area contributed by atoms with E-state index in [1.54, 1.807) is 4.68 Å². The summed E-state index contributed by atoms with van der Waals surface area (Å²) in [6.07, 6.45) is 0.946. The SMILES string of the molecule is CCCOCC(C)(N)c1noc(-c2cc(C)nn2C)n1. The quantitative estimate of drug-likeness (QED) is 0.803. The molecule has 0 aliphatic rings. The first kappa shape index (κ1) is 14.7. The number of aromatic nitrogens is 4. The second-order valence-electron chi connectivity index (χ2n) is 5.19. The molecule has 0 bridgehead atoms. The standard InChI is InChI=1S/C13H21N5O2/c1-5-6-19-8-13(3,14)12-15-11(20-17-12)10-7-9(2)16-18(10)4/h7H,5-6,8,14H2,1-4H3. The lowest BCUT2D eigenvalue weighted by Crippen LogP contribution is -2.39. The van der Waals surface area contributed by atoms with Crippen LogP contribution in [0.1, 0.15) is 31.8 Å². The fourth-order valence-electron chi connectivity index (χ4n) is 1.86. The Morgan fingerprint density at radius 1 is 1.50 bits per heavy atom. The molecule has 0 saturated carbocycles. The topological polar surface area (TPSA) is 92.0 Å². The van der Waals surface area contributed by atoms with Crippen molar-refractivity contribution >= 4 is 0 Å². The van der Waals surface area contributed by atoms with Gasteiger partial charge >= 0.3 is 0 Å². The van der Waals surface area contributed by atoms with Crippen LogP contribution in [0.2, 0.25) is 0 Å². The maximum absolute atomic E-state index is 6.18.